The molecule has 0 bridgehead atoms. The highest BCUT2D eigenvalue weighted by molar-refractivity contribution is 6.31. The van der Waals surface area contributed by atoms with Gasteiger partial charge in [-0.2, -0.15) is 5.10 Å². The highest BCUT2D eigenvalue weighted by Crippen LogP contribution is 2.30. The minimum Gasteiger partial charge on any atom is -0.334 e. The minimum absolute atomic E-state index is 0.106. The average molecular weight is 353 g/mol. The van der Waals surface area contributed by atoms with E-state index in [1.165, 1.54) is 0 Å². The van der Waals surface area contributed by atoms with Crippen LogP contribution in [0.3, 0.4) is 0 Å². The molecule has 0 saturated heterocycles. The summed E-state index contributed by atoms with van der Waals surface area (Å²) < 4.78 is 1.80. The number of amides is 2. The molecule has 0 spiro atoms. The Morgan fingerprint density at radius 2 is 2.12 bits per heavy atom. The summed E-state index contributed by atoms with van der Waals surface area (Å²) in [5, 5.41) is 7.86. The molecule has 3 aromatic rings. The van der Waals surface area contributed by atoms with Gasteiger partial charge in [0.15, 0.2) is 0 Å². The van der Waals surface area contributed by atoms with Gasteiger partial charge in [-0.05, 0) is 47.9 Å². The van der Waals surface area contributed by atoms with E-state index in [1.807, 2.05) is 54.7 Å². The normalized spacial score (nSPS) is 12.9. The first kappa shape index (κ1) is 15.7. The third-order valence-electron chi connectivity index (χ3n) is 4.31. The van der Waals surface area contributed by atoms with Crippen molar-refractivity contribution < 1.29 is 4.79 Å². The van der Waals surface area contributed by atoms with Crippen LogP contribution in [0.25, 0.3) is 5.69 Å². The second kappa shape index (κ2) is 6.61. The van der Waals surface area contributed by atoms with Crippen molar-refractivity contribution >= 4 is 23.3 Å². The Morgan fingerprint density at radius 1 is 1.20 bits per heavy atom. The van der Waals surface area contributed by atoms with Gasteiger partial charge in [0, 0.05) is 30.5 Å². The molecular formula is C19H17ClN4O. The van der Waals surface area contributed by atoms with Crippen molar-refractivity contribution in [3.05, 3.63) is 77.1 Å². The molecule has 2 aromatic carbocycles. The molecule has 2 amide bonds. The van der Waals surface area contributed by atoms with Crippen molar-refractivity contribution in [3.8, 4) is 5.69 Å². The number of halogens is 1. The number of carbonyl (C=O) groups excluding carboxylic acids is 1. The fourth-order valence-electron chi connectivity index (χ4n) is 3.07. The summed E-state index contributed by atoms with van der Waals surface area (Å²) in [6.07, 6.45) is 4.49. The third-order valence-corrected chi connectivity index (χ3v) is 4.55. The number of benzene rings is 2. The van der Waals surface area contributed by atoms with Crippen molar-refractivity contribution in [2.45, 2.75) is 13.0 Å². The zero-order valence-corrected chi connectivity index (χ0v) is 14.3. The standard InChI is InChI=1S/C19H17ClN4O/c20-16-6-5-15-7-10-23(18(15)12-16)19(25)21-13-14-3-1-4-17(11-14)24-9-2-8-22-24/h1-6,8-9,11-12H,7,10,13H2,(H,21,25). The Bertz CT molecular complexity index is 908. The second-order valence-corrected chi connectivity index (χ2v) is 6.39. The van der Waals surface area contributed by atoms with Gasteiger partial charge in [0.05, 0.1) is 11.4 Å². The number of carbonyl (C=O) groups is 1. The minimum atomic E-state index is -0.106. The monoisotopic (exact) mass is 352 g/mol. The average Bonchev–Trinajstić information content (AvgIpc) is 3.29. The van der Waals surface area contributed by atoms with Crippen LogP contribution in [0.2, 0.25) is 5.02 Å². The number of hydrogen-bond acceptors (Lipinski definition) is 2. The van der Waals surface area contributed by atoms with Crippen LogP contribution in [-0.2, 0) is 13.0 Å². The van der Waals surface area contributed by atoms with Crippen LogP contribution in [0.5, 0.6) is 0 Å². The first-order valence-corrected chi connectivity index (χ1v) is 8.51. The van der Waals surface area contributed by atoms with E-state index in [0.29, 0.717) is 18.1 Å². The highest BCUT2D eigenvalue weighted by atomic mass is 35.5. The maximum atomic E-state index is 12.6. The maximum Gasteiger partial charge on any atom is 0.322 e. The van der Waals surface area contributed by atoms with Crippen molar-refractivity contribution in [2.24, 2.45) is 0 Å². The molecule has 1 aliphatic rings. The predicted molar refractivity (Wildman–Crippen MR) is 98.3 cm³/mol. The summed E-state index contributed by atoms with van der Waals surface area (Å²) in [4.78, 5) is 14.3. The lowest BCUT2D eigenvalue weighted by atomic mass is 10.2. The molecule has 0 saturated carbocycles. The van der Waals surface area contributed by atoms with Crippen LogP contribution >= 0.6 is 11.6 Å². The fraction of sp³-hybridized carbons (Fsp3) is 0.158. The van der Waals surface area contributed by atoms with Crippen LogP contribution in [0, 0.1) is 0 Å². The quantitative estimate of drug-likeness (QED) is 0.779. The van der Waals surface area contributed by atoms with Gasteiger partial charge in [-0.3, -0.25) is 4.90 Å². The number of fused-ring (bicyclic) bond motifs is 1. The molecule has 1 aromatic heterocycles. The first-order chi connectivity index (χ1) is 12.2. The van der Waals surface area contributed by atoms with Crippen LogP contribution in [-0.4, -0.2) is 22.4 Å². The van der Waals surface area contributed by atoms with Crippen molar-refractivity contribution in [1.29, 1.82) is 0 Å². The lowest BCUT2D eigenvalue weighted by Crippen LogP contribution is -2.38. The summed E-state index contributed by atoms with van der Waals surface area (Å²) in [7, 11) is 0. The van der Waals surface area contributed by atoms with Gasteiger partial charge in [-0.15, -0.1) is 0 Å². The third kappa shape index (κ3) is 3.23. The highest BCUT2D eigenvalue weighted by Gasteiger charge is 2.24. The molecule has 0 atom stereocenters. The van der Waals surface area contributed by atoms with E-state index in [2.05, 4.69) is 10.4 Å². The lowest BCUT2D eigenvalue weighted by molar-refractivity contribution is 0.246. The summed E-state index contributed by atoms with van der Waals surface area (Å²) in [5.74, 6) is 0. The van der Waals surface area contributed by atoms with Crippen LogP contribution in [0.4, 0.5) is 10.5 Å². The predicted octanol–water partition coefficient (Wildman–Crippen LogP) is 3.80. The summed E-state index contributed by atoms with van der Waals surface area (Å²) in [6, 6.07) is 15.4. The maximum absolute atomic E-state index is 12.6. The smallest absolute Gasteiger partial charge is 0.322 e. The molecular weight excluding hydrogens is 336 g/mol. The molecule has 4 rings (SSSR count). The summed E-state index contributed by atoms with van der Waals surface area (Å²) >= 11 is 6.07. The van der Waals surface area contributed by atoms with Crippen LogP contribution < -0.4 is 10.2 Å². The molecule has 2 heterocycles. The second-order valence-electron chi connectivity index (χ2n) is 5.95. The van der Waals surface area contributed by atoms with Gasteiger partial charge in [0.25, 0.3) is 0 Å². The van der Waals surface area contributed by atoms with Crippen molar-refractivity contribution in [1.82, 2.24) is 15.1 Å². The summed E-state index contributed by atoms with van der Waals surface area (Å²) in [5.41, 5.74) is 4.04. The molecule has 0 unspecified atom stereocenters. The Labute approximate surface area is 150 Å². The van der Waals surface area contributed by atoms with E-state index < -0.39 is 0 Å². The molecule has 0 fully saturated rings. The molecule has 1 N–H and O–H groups in total. The SMILES string of the molecule is O=C(NCc1cccc(-n2cccn2)c1)N1CCc2ccc(Cl)cc21. The Balaban J connectivity index is 1.45. The zero-order chi connectivity index (χ0) is 17.2. The number of hydrogen-bond donors (Lipinski definition) is 1. The number of nitrogens with one attached hydrogen (secondary N) is 1. The van der Waals surface area contributed by atoms with E-state index >= 15 is 0 Å². The van der Waals surface area contributed by atoms with Gasteiger partial charge in [-0.25, -0.2) is 9.48 Å². The van der Waals surface area contributed by atoms with Gasteiger partial charge >= 0.3 is 6.03 Å². The Hall–Kier alpha value is -2.79. The van der Waals surface area contributed by atoms with E-state index in [0.717, 1.165) is 28.9 Å². The molecule has 0 aliphatic carbocycles. The van der Waals surface area contributed by atoms with E-state index in [1.54, 1.807) is 15.8 Å². The zero-order valence-electron chi connectivity index (χ0n) is 13.5. The van der Waals surface area contributed by atoms with Crippen LogP contribution in [0.1, 0.15) is 11.1 Å². The lowest BCUT2D eigenvalue weighted by Gasteiger charge is -2.18. The van der Waals surface area contributed by atoms with Gasteiger partial charge < -0.3 is 5.32 Å². The number of anilines is 1. The molecule has 126 valence electrons. The molecule has 0 radical (unpaired) electrons. The first-order valence-electron chi connectivity index (χ1n) is 8.13. The van der Waals surface area contributed by atoms with Crippen molar-refractivity contribution in [3.63, 3.8) is 0 Å². The molecule has 25 heavy (non-hydrogen) atoms. The molecule has 5 nitrogen and oxygen atoms in total. The Kier molecular flexibility index (Phi) is 4.15. The number of rotatable bonds is 3. The topological polar surface area (TPSA) is 50.2 Å². The van der Waals surface area contributed by atoms with Gasteiger partial charge in [0.1, 0.15) is 0 Å². The fourth-order valence-corrected chi connectivity index (χ4v) is 3.23. The Morgan fingerprint density at radius 3 is 2.96 bits per heavy atom. The number of nitrogens with zero attached hydrogens (tertiary/aromatic N) is 3. The van der Waals surface area contributed by atoms with E-state index in [-0.39, 0.29) is 6.03 Å². The molecule has 1 aliphatic heterocycles. The van der Waals surface area contributed by atoms with Gasteiger partial charge in [0.2, 0.25) is 0 Å². The van der Waals surface area contributed by atoms with E-state index in [4.69, 9.17) is 11.6 Å². The van der Waals surface area contributed by atoms with Crippen molar-refractivity contribution in [2.75, 3.05) is 11.4 Å². The van der Waals surface area contributed by atoms with Gasteiger partial charge in [-0.1, -0.05) is 29.8 Å². The van der Waals surface area contributed by atoms with Crippen LogP contribution in [0.15, 0.2) is 60.9 Å². The number of urea groups is 1. The van der Waals surface area contributed by atoms with E-state index in [9.17, 15) is 4.79 Å². The largest absolute Gasteiger partial charge is 0.334 e. The molecule has 6 heteroatoms. The summed E-state index contributed by atoms with van der Waals surface area (Å²) in [6.45, 7) is 1.13. The number of aromatic nitrogens is 2.